The predicted molar refractivity (Wildman–Crippen MR) is 123 cm³/mol. The van der Waals surface area contributed by atoms with Gasteiger partial charge in [-0.25, -0.2) is 0 Å². The summed E-state index contributed by atoms with van der Waals surface area (Å²) in [5.41, 5.74) is 0.0638. The van der Waals surface area contributed by atoms with Gasteiger partial charge in [0.1, 0.15) is 11.6 Å². The SMILES string of the molecule is COc1ccc(Cl)cc1NC(=O)[C@@H]1CC(=O)Nc2nc(N3C[C@H](C)C[C@@H](C)C3)[nH]c(=O)c21. The number of ether oxygens (including phenoxy) is 1. The normalized spacial score (nSPS) is 22.7. The minimum atomic E-state index is -0.994. The lowest BCUT2D eigenvalue weighted by molar-refractivity contribution is -0.123. The van der Waals surface area contributed by atoms with Gasteiger partial charge in [0.25, 0.3) is 5.56 Å². The fourth-order valence-corrected chi connectivity index (χ4v) is 4.74. The smallest absolute Gasteiger partial charge is 0.258 e. The maximum atomic E-state index is 13.1. The van der Waals surface area contributed by atoms with Gasteiger partial charge in [0.05, 0.1) is 24.3 Å². The average molecular weight is 460 g/mol. The Labute approximate surface area is 190 Å². The van der Waals surface area contributed by atoms with Gasteiger partial charge >= 0.3 is 0 Å². The molecule has 9 nitrogen and oxygen atoms in total. The molecule has 3 heterocycles. The number of carbonyl (C=O) groups is 2. The first kappa shape index (κ1) is 22.1. The van der Waals surface area contributed by atoms with Crippen molar-refractivity contribution in [2.24, 2.45) is 11.8 Å². The van der Waals surface area contributed by atoms with Gasteiger partial charge in [0, 0.05) is 24.5 Å². The molecule has 1 aromatic carbocycles. The Kier molecular flexibility index (Phi) is 6.10. The number of fused-ring (bicyclic) bond motifs is 1. The van der Waals surface area contributed by atoms with Crippen LogP contribution < -0.4 is 25.8 Å². The molecule has 2 aliphatic rings. The Hall–Kier alpha value is -3.07. The monoisotopic (exact) mass is 459 g/mol. The quantitative estimate of drug-likeness (QED) is 0.647. The Morgan fingerprint density at radius 2 is 1.97 bits per heavy atom. The molecule has 0 aliphatic carbocycles. The third kappa shape index (κ3) is 4.43. The summed E-state index contributed by atoms with van der Waals surface area (Å²) in [6.07, 6.45) is 0.946. The first-order valence-corrected chi connectivity index (χ1v) is 11.0. The van der Waals surface area contributed by atoms with Gasteiger partial charge in [-0.1, -0.05) is 25.4 Å². The number of nitrogens with one attached hydrogen (secondary N) is 3. The van der Waals surface area contributed by atoms with E-state index in [1.54, 1.807) is 18.2 Å². The van der Waals surface area contributed by atoms with Crippen LogP contribution in [0.3, 0.4) is 0 Å². The number of amides is 2. The second kappa shape index (κ2) is 8.82. The van der Waals surface area contributed by atoms with Crippen molar-refractivity contribution in [2.45, 2.75) is 32.6 Å². The maximum Gasteiger partial charge on any atom is 0.258 e. The van der Waals surface area contributed by atoms with E-state index in [0.717, 1.165) is 19.5 Å². The highest BCUT2D eigenvalue weighted by Gasteiger charge is 2.36. The summed E-state index contributed by atoms with van der Waals surface area (Å²) in [6.45, 7) is 5.84. The van der Waals surface area contributed by atoms with Crippen molar-refractivity contribution in [3.63, 3.8) is 0 Å². The molecule has 0 spiro atoms. The molecule has 0 unspecified atom stereocenters. The van der Waals surface area contributed by atoms with Gasteiger partial charge in [0.2, 0.25) is 17.8 Å². The lowest BCUT2D eigenvalue weighted by atomic mass is 9.91. The van der Waals surface area contributed by atoms with Crippen molar-refractivity contribution in [3.05, 3.63) is 39.1 Å². The Balaban J connectivity index is 1.66. The lowest BCUT2D eigenvalue weighted by Crippen LogP contribution is -2.42. The first-order valence-electron chi connectivity index (χ1n) is 10.6. The molecule has 1 fully saturated rings. The number of carbonyl (C=O) groups excluding carboxylic acids is 2. The third-order valence-electron chi connectivity index (χ3n) is 5.84. The predicted octanol–water partition coefficient (Wildman–Crippen LogP) is 2.98. The summed E-state index contributed by atoms with van der Waals surface area (Å²) in [5, 5.41) is 5.81. The number of benzene rings is 1. The highest BCUT2D eigenvalue weighted by Crippen LogP contribution is 2.33. The summed E-state index contributed by atoms with van der Waals surface area (Å²) < 4.78 is 5.26. The minimum absolute atomic E-state index is 0.129. The molecule has 3 N–H and O–H groups in total. The molecule has 0 bridgehead atoms. The third-order valence-corrected chi connectivity index (χ3v) is 6.08. The van der Waals surface area contributed by atoms with E-state index in [1.807, 2.05) is 4.90 Å². The molecule has 2 aromatic rings. The number of piperidine rings is 1. The number of rotatable bonds is 4. The molecule has 1 aromatic heterocycles. The second-order valence-corrected chi connectivity index (χ2v) is 9.08. The number of methoxy groups -OCH3 is 1. The van der Waals surface area contributed by atoms with Crippen LogP contribution in [0.4, 0.5) is 17.5 Å². The van der Waals surface area contributed by atoms with Crippen LogP contribution in [0.2, 0.25) is 5.02 Å². The van der Waals surface area contributed by atoms with E-state index in [4.69, 9.17) is 16.3 Å². The van der Waals surface area contributed by atoms with Gasteiger partial charge in [-0.05, 0) is 36.5 Å². The zero-order valence-electron chi connectivity index (χ0n) is 18.2. The second-order valence-electron chi connectivity index (χ2n) is 8.64. The van der Waals surface area contributed by atoms with Crippen molar-refractivity contribution < 1.29 is 14.3 Å². The molecule has 170 valence electrons. The Morgan fingerprint density at radius 1 is 1.25 bits per heavy atom. The number of anilines is 3. The molecule has 0 radical (unpaired) electrons. The number of hydrogen-bond acceptors (Lipinski definition) is 6. The van der Waals surface area contributed by atoms with E-state index in [9.17, 15) is 14.4 Å². The van der Waals surface area contributed by atoms with Crippen molar-refractivity contribution in [1.82, 2.24) is 9.97 Å². The zero-order valence-corrected chi connectivity index (χ0v) is 19.0. The Morgan fingerprint density at radius 3 is 2.66 bits per heavy atom. The van der Waals surface area contributed by atoms with Crippen LogP contribution in [-0.2, 0) is 9.59 Å². The highest BCUT2D eigenvalue weighted by molar-refractivity contribution is 6.31. The van der Waals surface area contributed by atoms with E-state index in [-0.39, 0.29) is 23.7 Å². The molecule has 2 aliphatic heterocycles. The van der Waals surface area contributed by atoms with Gasteiger partial charge in [-0.2, -0.15) is 4.98 Å². The lowest BCUT2D eigenvalue weighted by Gasteiger charge is -2.35. The van der Waals surface area contributed by atoms with Crippen LogP contribution in [0.5, 0.6) is 5.75 Å². The molecule has 2 amide bonds. The van der Waals surface area contributed by atoms with E-state index in [0.29, 0.717) is 34.2 Å². The fraction of sp³-hybridized carbons (Fsp3) is 0.455. The highest BCUT2D eigenvalue weighted by atomic mass is 35.5. The van der Waals surface area contributed by atoms with Crippen molar-refractivity contribution in [1.29, 1.82) is 0 Å². The van der Waals surface area contributed by atoms with Crippen molar-refractivity contribution in [3.8, 4) is 5.75 Å². The van der Waals surface area contributed by atoms with E-state index < -0.39 is 17.4 Å². The van der Waals surface area contributed by atoms with E-state index >= 15 is 0 Å². The summed E-state index contributed by atoms with van der Waals surface area (Å²) in [6, 6.07) is 4.81. The van der Waals surface area contributed by atoms with E-state index in [2.05, 4.69) is 34.4 Å². The summed E-state index contributed by atoms with van der Waals surface area (Å²) in [5.74, 6) is -0.0103. The molecular weight excluding hydrogens is 434 g/mol. The molecule has 10 heteroatoms. The van der Waals surface area contributed by atoms with Gasteiger partial charge < -0.3 is 20.3 Å². The van der Waals surface area contributed by atoms with E-state index in [1.165, 1.54) is 7.11 Å². The van der Waals surface area contributed by atoms with Crippen LogP contribution in [0.15, 0.2) is 23.0 Å². The number of H-pyrrole nitrogens is 1. The van der Waals surface area contributed by atoms with Crippen molar-refractivity contribution >= 4 is 40.9 Å². The zero-order chi connectivity index (χ0) is 23.0. The average Bonchev–Trinajstić information content (AvgIpc) is 2.72. The number of nitrogens with zero attached hydrogens (tertiary/aromatic N) is 2. The summed E-state index contributed by atoms with van der Waals surface area (Å²) in [4.78, 5) is 47.9. The number of hydrogen-bond donors (Lipinski definition) is 3. The largest absolute Gasteiger partial charge is 0.495 e. The molecule has 1 saturated heterocycles. The van der Waals surface area contributed by atoms with Crippen LogP contribution in [0, 0.1) is 11.8 Å². The standard InChI is InChI=1S/C22H26ClN5O4/c1-11-6-12(2)10-28(9-11)22-26-19-18(21(31)27-22)14(8-17(29)25-19)20(30)24-15-7-13(23)4-5-16(15)32-3/h4-5,7,11-12,14H,6,8-10H2,1-3H3,(H,24,30)(H2,25,26,27,29,31)/t11-,12-,14-/m1/s1. The first-order chi connectivity index (χ1) is 15.2. The minimum Gasteiger partial charge on any atom is -0.495 e. The maximum absolute atomic E-state index is 13.1. The van der Waals surface area contributed by atoms with Gasteiger partial charge in [0.15, 0.2) is 0 Å². The topological polar surface area (TPSA) is 116 Å². The molecule has 3 atom stereocenters. The molecule has 32 heavy (non-hydrogen) atoms. The van der Waals surface area contributed by atoms with Crippen LogP contribution in [0.25, 0.3) is 0 Å². The number of halogens is 1. The molecular formula is C22H26ClN5O4. The number of aromatic amines is 1. The fourth-order valence-electron chi connectivity index (χ4n) is 4.57. The summed E-state index contributed by atoms with van der Waals surface area (Å²) in [7, 11) is 1.47. The van der Waals surface area contributed by atoms with Gasteiger partial charge in [-0.3, -0.25) is 19.4 Å². The summed E-state index contributed by atoms with van der Waals surface area (Å²) >= 11 is 6.04. The van der Waals surface area contributed by atoms with Crippen LogP contribution in [-0.4, -0.2) is 42.0 Å². The Bertz CT molecular complexity index is 1110. The van der Waals surface area contributed by atoms with Crippen LogP contribution in [0.1, 0.15) is 38.2 Å². The van der Waals surface area contributed by atoms with Crippen molar-refractivity contribution in [2.75, 3.05) is 35.7 Å². The number of aromatic nitrogens is 2. The van der Waals surface area contributed by atoms with Crippen LogP contribution >= 0.6 is 11.6 Å². The van der Waals surface area contributed by atoms with Gasteiger partial charge in [-0.15, -0.1) is 0 Å². The molecule has 0 saturated carbocycles. The molecule has 4 rings (SSSR count).